The number of anilines is 2. The van der Waals surface area contributed by atoms with E-state index in [1.165, 1.54) is 0 Å². The fourth-order valence-electron chi connectivity index (χ4n) is 2.70. The van der Waals surface area contributed by atoms with Crippen LogP contribution in [0, 0.1) is 19.3 Å². The average Bonchev–Trinajstić information content (AvgIpc) is 2.59. The highest BCUT2D eigenvalue weighted by atomic mass is 35.5. The lowest BCUT2D eigenvalue weighted by Crippen LogP contribution is -2.47. The van der Waals surface area contributed by atoms with Crippen molar-refractivity contribution < 1.29 is 9.59 Å². The van der Waals surface area contributed by atoms with Crippen LogP contribution in [0.15, 0.2) is 42.5 Å². The number of nitrogens with zero attached hydrogens (tertiary/aromatic N) is 1. The first-order valence-corrected chi connectivity index (χ1v) is 9.01. The lowest BCUT2D eigenvalue weighted by molar-refractivity contribution is -0.136. The summed E-state index contributed by atoms with van der Waals surface area (Å²) in [6.07, 6.45) is 0. The van der Waals surface area contributed by atoms with Gasteiger partial charge in [-0.05, 0) is 70.0 Å². The minimum absolute atomic E-state index is 0.247. The van der Waals surface area contributed by atoms with Crippen molar-refractivity contribution in [3.63, 3.8) is 0 Å². The topological polar surface area (TPSA) is 49.4 Å². The summed E-state index contributed by atoms with van der Waals surface area (Å²) in [4.78, 5) is 27.6. The number of hydrogen-bond donors (Lipinski definition) is 1. The molecule has 0 radical (unpaired) electrons. The molecule has 26 heavy (non-hydrogen) atoms. The van der Waals surface area contributed by atoms with E-state index >= 15 is 0 Å². The van der Waals surface area contributed by atoms with Crippen molar-refractivity contribution in [1.29, 1.82) is 0 Å². The van der Waals surface area contributed by atoms with E-state index in [0.717, 1.165) is 16.8 Å². The third kappa shape index (κ3) is 4.07. The van der Waals surface area contributed by atoms with E-state index < -0.39 is 5.41 Å². The maximum absolute atomic E-state index is 13.1. The highest BCUT2D eigenvalue weighted by molar-refractivity contribution is 6.31. The van der Waals surface area contributed by atoms with Crippen LogP contribution in [-0.4, -0.2) is 18.4 Å². The van der Waals surface area contributed by atoms with Crippen LogP contribution in [0.1, 0.15) is 31.9 Å². The van der Waals surface area contributed by atoms with Crippen LogP contribution in [0.5, 0.6) is 0 Å². The highest BCUT2D eigenvalue weighted by Gasteiger charge is 2.39. The van der Waals surface area contributed by atoms with Gasteiger partial charge in [0.05, 0.1) is 0 Å². The Hall–Kier alpha value is -2.33. The van der Waals surface area contributed by atoms with E-state index in [-0.39, 0.29) is 11.8 Å². The van der Waals surface area contributed by atoms with Gasteiger partial charge in [-0.1, -0.05) is 29.8 Å². The number of nitrogens with one attached hydrogen (secondary N) is 1. The second-order valence-corrected chi connectivity index (χ2v) is 7.29. The standard InChI is InChI=1S/C21H25ClN2O2/c1-6-24(16-10-7-9-14(2)13-16)20(26)21(4,5)19(25)23-18-12-8-11-17(22)15(18)3/h7-13H,6H2,1-5H3,(H,23,25). The second-order valence-electron chi connectivity index (χ2n) is 6.88. The maximum atomic E-state index is 13.1. The van der Waals surface area contributed by atoms with E-state index in [0.29, 0.717) is 17.3 Å². The van der Waals surface area contributed by atoms with Gasteiger partial charge in [0.2, 0.25) is 11.8 Å². The lowest BCUT2D eigenvalue weighted by atomic mass is 9.89. The van der Waals surface area contributed by atoms with E-state index in [1.54, 1.807) is 36.9 Å². The molecule has 0 spiro atoms. The van der Waals surface area contributed by atoms with Crippen LogP contribution in [0.3, 0.4) is 0 Å². The summed E-state index contributed by atoms with van der Waals surface area (Å²) in [6.45, 7) is 9.47. The van der Waals surface area contributed by atoms with Crippen molar-refractivity contribution >= 4 is 34.8 Å². The zero-order valence-electron chi connectivity index (χ0n) is 15.9. The molecule has 1 N–H and O–H groups in total. The number of halogens is 1. The Morgan fingerprint density at radius 2 is 1.77 bits per heavy atom. The van der Waals surface area contributed by atoms with E-state index in [1.807, 2.05) is 45.0 Å². The molecule has 0 aliphatic carbocycles. The monoisotopic (exact) mass is 372 g/mol. The zero-order chi connectivity index (χ0) is 19.5. The molecule has 4 nitrogen and oxygen atoms in total. The first-order valence-electron chi connectivity index (χ1n) is 8.63. The van der Waals surface area contributed by atoms with Gasteiger partial charge in [0.25, 0.3) is 0 Å². The van der Waals surface area contributed by atoms with Gasteiger partial charge in [-0.2, -0.15) is 0 Å². The summed E-state index contributed by atoms with van der Waals surface area (Å²) in [5.41, 5.74) is 2.01. The summed E-state index contributed by atoms with van der Waals surface area (Å²) in [7, 11) is 0. The molecule has 0 atom stereocenters. The molecule has 0 fully saturated rings. The molecule has 2 aromatic rings. The van der Waals surface area contributed by atoms with Gasteiger partial charge >= 0.3 is 0 Å². The maximum Gasteiger partial charge on any atom is 0.242 e. The molecule has 2 rings (SSSR count). The normalized spacial score (nSPS) is 11.2. The molecular weight excluding hydrogens is 348 g/mol. The molecule has 0 aliphatic rings. The molecule has 0 saturated carbocycles. The third-order valence-corrected chi connectivity index (χ3v) is 4.90. The third-order valence-electron chi connectivity index (χ3n) is 4.49. The first-order chi connectivity index (χ1) is 12.2. The van der Waals surface area contributed by atoms with Crippen molar-refractivity contribution in [2.24, 2.45) is 5.41 Å². The van der Waals surface area contributed by atoms with Crippen molar-refractivity contribution in [1.82, 2.24) is 0 Å². The summed E-state index contributed by atoms with van der Waals surface area (Å²) < 4.78 is 0. The largest absolute Gasteiger partial charge is 0.325 e. The van der Waals surface area contributed by atoms with Crippen LogP contribution < -0.4 is 10.2 Å². The predicted octanol–water partition coefficient (Wildman–Crippen LogP) is 4.97. The molecule has 5 heteroatoms. The predicted molar refractivity (Wildman–Crippen MR) is 108 cm³/mol. The first kappa shape index (κ1) is 20.0. The Bertz CT molecular complexity index is 831. The zero-order valence-corrected chi connectivity index (χ0v) is 16.6. The molecule has 2 aromatic carbocycles. The molecule has 2 amide bonds. The number of amides is 2. The number of carbonyl (C=O) groups excluding carboxylic acids is 2. The smallest absolute Gasteiger partial charge is 0.242 e. The Balaban J connectivity index is 2.27. The Kier molecular flexibility index (Phi) is 6.09. The number of rotatable bonds is 5. The van der Waals surface area contributed by atoms with Crippen LogP contribution in [0.4, 0.5) is 11.4 Å². The SMILES string of the molecule is CCN(C(=O)C(C)(C)C(=O)Nc1cccc(Cl)c1C)c1cccc(C)c1. The van der Waals surface area contributed by atoms with Crippen molar-refractivity contribution in [2.45, 2.75) is 34.6 Å². The molecule has 0 heterocycles. The summed E-state index contributed by atoms with van der Waals surface area (Å²) >= 11 is 6.12. The van der Waals surface area contributed by atoms with Crippen LogP contribution in [0.25, 0.3) is 0 Å². The van der Waals surface area contributed by atoms with Crippen LogP contribution in [0.2, 0.25) is 5.02 Å². The molecule has 0 aromatic heterocycles. The minimum atomic E-state index is -1.23. The van der Waals surface area contributed by atoms with Crippen molar-refractivity contribution in [2.75, 3.05) is 16.8 Å². The van der Waals surface area contributed by atoms with Gasteiger partial charge in [0, 0.05) is 22.9 Å². The average molecular weight is 373 g/mol. The number of aryl methyl sites for hydroxylation is 1. The minimum Gasteiger partial charge on any atom is -0.325 e. The lowest BCUT2D eigenvalue weighted by Gasteiger charge is -2.30. The number of hydrogen-bond acceptors (Lipinski definition) is 2. The summed E-state index contributed by atoms with van der Waals surface area (Å²) in [5.74, 6) is -0.609. The second kappa shape index (κ2) is 7.92. The molecule has 0 aliphatic heterocycles. The van der Waals surface area contributed by atoms with Gasteiger partial charge in [-0.25, -0.2) is 0 Å². The number of carbonyl (C=O) groups is 2. The van der Waals surface area contributed by atoms with Gasteiger partial charge < -0.3 is 10.2 Å². The quantitative estimate of drug-likeness (QED) is 0.753. The molecular formula is C21H25ClN2O2. The Morgan fingerprint density at radius 1 is 1.12 bits per heavy atom. The van der Waals surface area contributed by atoms with Crippen LogP contribution >= 0.6 is 11.6 Å². The van der Waals surface area contributed by atoms with Gasteiger partial charge in [-0.15, -0.1) is 0 Å². The van der Waals surface area contributed by atoms with Gasteiger partial charge in [0.15, 0.2) is 0 Å². The van der Waals surface area contributed by atoms with E-state index in [4.69, 9.17) is 11.6 Å². The van der Waals surface area contributed by atoms with Gasteiger partial charge in [0.1, 0.15) is 5.41 Å². The fraction of sp³-hybridized carbons (Fsp3) is 0.333. The van der Waals surface area contributed by atoms with E-state index in [2.05, 4.69) is 5.32 Å². The highest BCUT2D eigenvalue weighted by Crippen LogP contribution is 2.28. The molecule has 0 unspecified atom stereocenters. The van der Waals surface area contributed by atoms with Gasteiger partial charge in [-0.3, -0.25) is 9.59 Å². The molecule has 138 valence electrons. The van der Waals surface area contributed by atoms with Crippen molar-refractivity contribution in [3.8, 4) is 0 Å². The Morgan fingerprint density at radius 3 is 2.38 bits per heavy atom. The van der Waals surface area contributed by atoms with Crippen molar-refractivity contribution in [3.05, 3.63) is 58.6 Å². The van der Waals surface area contributed by atoms with E-state index in [9.17, 15) is 9.59 Å². The molecule has 0 saturated heterocycles. The Labute approximate surface area is 160 Å². The fourth-order valence-corrected chi connectivity index (χ4v) is 2.87. The van der Waals surface area contributed by atoms with Crippen LogP contribution in [-0.2, 0) is 9.59 Å². The number of benzene rings is 2. The molecule has 0 bridgehead atoms. The summed E-state index contributed by atoms with van der Waals surface area (Å²) in [6, 6.07) is 13.0. The summed E-state index contributed by atoms with van der Waals surface area (Å²) in [5, 5.41) is 3.41.